The van der Waals surface area contributed by atoms with Crippen LogP contribution in [0.25, 0.3) is 10.8 Å². The van der Waals surface area contributed by atoms with Crippen LogP contribution in [0.5, 0.6) is 0 Å². The highest BCUT2D eigenvalue weighted by Gasteiger charge is 2.16. The number of hydrogen-bond acceptors (Lipinski definition) is 2. The van der Waals surface area contributed by atoms with Crippen LogP contribution in [-0.4, -0.2) is 10.1 Å². The SMILES string of the molecule is Cc1ccc(Br)cc1C(O)c1cncc2ccccc12. The quantitative estimate of drug-likeness (QED) is 0.757. The summed E-state index contributed by atoms with van der Waals surface area (Å²) in [6.45, 7) is 2.00. The summed E-state index contributed by atoms with van der Waals surface area (Å²) in [6, 6.07) is 13.9. The first-order valence-electron chi connectivity index (χ1n) is 6.43. The van der Waals surface area contributed by atoms with Gasteiger partial charge in [0.1, 0.15) is 6.10 Å². The third-order valence-corrected chi connectivity index (χ3v) is 4.02. The molecule has 1 unspecified atom stereocenters. The predicted molar refractivity (Wildman–Crippen MR) is 84.7 cm³/mol. The molecule has 1 aromatic heterocycles. The lowest BCUT2D eigenvalue weighted by Gasteiger charge is -2.16. The van der Waals surface area contributed by atoms with Gasteiger partial charge in [-0.25, -0.2) is 0 Å². The summed E-state index contributed by atoms with van der Waals surface area (Å²) >= 11 is 3.46. The van der Waals surface area contributed by atoms with Crippen LogP contribution in [-0.2, 0) is 0 Å². The van der Waals surface area contributed by atoms with E-state index in [-0.39, 0.29) is 0 Å². The Labute approximate surface area is 126 Å². The number of pyridine rings is 1. The van der Waals surface area contributed by atoms with Gasteiger partial charge in [0.2, 0.25) is 0 Å². The highest BCUT2D eigenvalue weighted by molar-refractivity contribution is 9.10. The van der Waals surface area contributed by atoms with E-state index < -0.39 is 6.10 Å². The van der Waals surface area contributed by atoms with E-state index >= 15 is 0 Å². The summed E-state index contributed by atoms with van der Waals surface area (Å²) in [4.78, 5) is 4.24. The fraction of sp³-hybridized carbons (Fsp3) is 0.118. The van der Waals surface area contributed by atoms with Crippen molar-refractivity contribution in [2.75, 3.05) is 0 Å². The maximum atomic E-state index is 10.7. The minimum atomic E-state index is -0.675. The molecule has 100 valence electrons. The first-order valence-corrected chi connectivity index (χ1v) is 7.23. The lowest BCUT2D eigenvalue weighted by atomic mass is 9.95. The fourth-order valence-corrected chi connectivity index (χ4v) is 2.81. The molecule has 0 aliphatic heterocycles. The fourth-order valence-electron chi connectivity index (χ4n) is 2.43. The molecule has 3 rings (SSSR count). The van der Waals surface area contributed by atoms with Gasteiger partial charge in [0.05, 0.1) is 0 Å². The minimum absolute atomic E-state index is 0.675. The number of aliphatic hydroxyl groups excluding tert-OH is 1. The third kappa shape index (κ3) is 2.35. The van der Waals surface area contributed by atoms with Crippen LogP contribution in [0.2, 0.25) is 0 Å². The maximum Gasteiger partial charge on any atom is 0.106 e. The Morgan fingerprint density at radius 3 is 2.70 bits per heavy atom. The number of fused-ring (bicyclic) bond motifs is 1. The lowest BCUT2D eigenvalue weighted by molar-refractivity contribution is 0.220. The van der Waals surface area contributed by atoms with Crippen molar-refractivity contribution in [3.63, 3.8) is 0 Å². The lowest BCUT2D eigenvalue weighted by Crippen LogP contribution is -2.03. The first kappa shape index (κ1) is 13.3. The third-order valence-electron chi connectivity index (χ3n) is 3.53. The molecule has 0 aliphatic rings. The Hall–Kier alpha value is -1.71. The van der Waals surface area contributed by atoms with Crippen molar-refractivity contribution < 1.29 is 5.11 Å². The molecule has 2 nitrogen and oxygen atoms in total. The van der Waals surface area contributed by atoms with Gasteiger partial charge >= 0.3 is 0 Å². The number of hydrogen-bond donors (Lipinski definition) is 1. The van der Waals surface area contributed by atoms with E-state index in [1.54, 1.807) is 6.20 Å². The van der Waals surface area contributed by atoms with E-state index in [0.29, 0.717) is 0 Å². The molecule has 1 heterocycles. The van der Waals surface area contributed by atoms with Gasteiger partial charge in [-0.2, -0.15) is 0 Å². The Morgan fingerprint density at radius 1 is 1.05 bits per heavy atom. The molecule has 0 spiro atoms. The zero-order chi connectivity index (χ0) is 14.1. The molecular weight excluding hydrogens is 314 g/mol. The Morgan fingerprint density at radius 2 is 1.85 bits per heavy atom. The van der Waals surface area contributed by atoms with Gasteiger partial charge < -0.3 is 5.11 Å². The van der Waals surface area contributed by atoms with Crippen molar-refractivity contribution in [2.24, 2.45) is 0 Å². The van der Waals surface area contributed by atoms with E-state index in [0.717, 1.165) is 31.9 Å². The molecule has 0 bridgehead atoms. The largest absolute Gasteiger partial charge is 0.384 e. The summed E-state index contributed by atoms with van der Waals surface area (Å²) in [6.07, 6.45) is 2.89. The number of aryl methyl sites for hydroxylation is 1. The summed E-state index contributed by atoms with van der Waals surface area (Å²) in [5, 5.41) is 12.8. The monoisotopic (exact) mass is 327 g/mol. The average Bonchev–Trinajstić information content (AvgIpc) is 2.48. The van der Waals surface area contributed by atoms with Crippen molar-refractivity contribution in [3.05, 3.63) is 76.0 Å². The summed E-state index contributed by atoms with van der Waals surface area (Å²) in [5.41, 5.74) is 2.80. The van der Waals surface area contributed by atoms with Crippen molar-refractivity contribution in [1.82, 2.24) is 4.98 Å². The van der Waals surface area contributed by atoms with Crippen molar-refractivity contribution >= 4 is 26.7 Å². The predicted octanol–water partition coefficient (Wildman–Crippen LogP) is 4.39. The molecule has 0 fully saturated rings. The van der Waals surface area contributed by atoms with Crippen LogP contribution in [0.15, 0.2) is 59.3 Å². The van der Waals surface area contributed by atoms with Crippen LogP contribution >= 0.6 is 15.9 Å². The number of halogens is 1. The van der Waals surface area contributed by atoms with Crippen LogP contribution in [0.4, 0.5) is 0 Å². The molecule has 3 heteroatoms. The second-order valence-corrected chi connectivity index (χ2v) is 5.77. The summed E-state index contributed by atoms with van der Waals surface area (Å²) in [7, 11) is 0. The van der Waals surface area contributed by atoms with Crippen molar-refractivity contribution in [1.29, 1.82) is 0 Å². The van der Waals surface area contributed by atoms with Crippen LogP contribution in [0.3, 0.4) is 0 Å². The van der Waals surface area contributed by atoms with Crippen molar-refractivity contribution in [2.45, 2.75) is 13.0 Å². The topological polar surface area (TPSA) is 33.1 Å². The van der Waals surface area contributed by atoms with Gasteiger partial charge in [-0.1, -0.05) is 46.3 Å². The highest BCUT2D eigenvalue weighted by atomic mass is 79.9. The highest BCUT2D eigenvalue weighted by Crippen LogP contribution is 2.31. The Balaban J connectivity index is 2.17. The number of rotatable bonds is 2. The molecule has 20 heavy (non-hydrogen) atoms. The molecule has 0 radical (unpaired) electrons. The molecule has 1 N–H and O–H groups in total. The van der Waals surface area contributed by atoms with E-state index in [1.807, 2.05) is 55.6 Å². The second-order valence-electron chi connectivity index (χ2n) is 4.85. The number of benzene rings is 2. The Kier molecular flexibility index (Phi) is 3.55. The normalized spacial score (nSPS) is 12.6. The minimum Gasteiger partial charge on any atom is -0.384 e. The second kappa shape index (κ2) is 5.35. The standard InChI is InChI=1S/C17H14BrNO/c1-11-6-7-13(18)8-15(11)17(20)16-10-19-9-12-4-2-3-5-14(12)16/h2-10,17,20H,1H3. The smallest absolute Gasteiger partial charge is 0.106 e. The maximum absolute atomic E-state index is 10.7. The molecule has 0 saturated heterocycles. The van der Waals surface area contributed by atoms with Gasteiger partial charge in [0.15, 0.2) is 0 Å². The Bertz CT molecular complexity index is 765. The molecule has 0 aliphatic carbocycles. The van der Waals surface area contributed by atoms with E-state index in [4.69, 9.17) is 0 Å². The van der Waals surface area contributed by atoms with Gasteiger partial charge in [-0.05, 0) is 35.6 Å². The van der Waals surface area contributed by atoms with E-state index in [2.05, 4.69) is 20.9 Å². The molecular formula is C17H14BrNO. The van der Waals surface area contributed by atoms with Crippen molar-refractivity contribution in [3.8, 4) is 0 Å². The molecule has 1 atom stereocenters. The van der Waals surface area contributed by atoms with E-state index in [1.165, 1.54) is 0 Å². The van der Waals surface area contributed by atoms with Gasteiger partial charge in [-0.15, -0.1) is 0 Å². The molecule has 2 aromatic carbocycles. The first-order chi connectivity index (χ1) is 9.66. The summed E-state index contributed by atoms with van der Waals surface area (Å²) < 4.78 is 0.963. The number of aromatic nitrogens is 1. The summed E-state index contributed by atoms with van der Waals surface area (Å²) in [5.74, 6) is 0. The molecule has 0 saturated carbocycles. The van der Waals surface area contributed by atoms with Crippen LogP contribution < -0.4 is 0 Å². The zero-order valence-corrected chi connectivity index (χ0v) is 12.6. The average molecular weight is 328 g/mol. The van der Waals surface area contributed by atoms with Crippen LogP contribution in [0, 0.1) is 6.92 Å². The van der Waals surface area contributed by atoms with Crippen LogP contribution in [0.1, 0.15) is 22.8 Å². The van der Waals surface area contributed by atoms with Gasteiger partial charge in [-0.3, -0.25) is 4.98 Å². The molecule has 0 amide bonds. The number of nitrogens with zero attached hydrogens (tertiary/aromatic N) is 1. The van der Waals surface area contributed by atoms with E-state index in [9.17, 15) is 5.11 Å². The molecule has 3 aromatic rings. The zero-order valence-electron chi connectivity index (χ0n) is 11.0. The van der Waals surface area contributed by atoms with Gasteiger partial charge in [0.25, 0.3) is 0 Å². The number of aliphatic hydroxyl groups is 1. The van der Waals surface area contributed by atoms with Gasteiger partial charge in [0, 0.05) is 27.8 Å².